The van der Waals surface area contributed by atoms with E-state index in [0.29, 0.717) is 44.1 Å². The zero-order chi connectivity index (χ0) is 17.7. The van der Waals surface area contributed by atoms with Gasteiger partial charge in [-0.05, 0) is 25.7 Å². The zero-order valence-electron chi connectivity index (χ0n) is 13.7. The van der Waals surface area contributed by atoms with E-state index in [1.54, 1.807) is 6.08 Å². The molecule has 0 aliphatic carbocycles. The molecular formula is C18H27Cl2NO2. The number of hydrogen-bond donors (Lipinski definition) is 0. The van der Waals surface area contributed by atoms with Crippen molar-refractivity contribution in [2.75, 3.05) is 24.8 Å². The van der Waals surface area contributed by atoms with Crippen molar-refractivity contribution in [2.24, 2.45) is 0 Å². The maximum absolute atomic E-state index is 11.5. The largest absolute Gasteiger partial charge is 0.459 e. The van der Waals surface area contributed by atoms with Crippen molar-refractivity contribution >= 4 is 29.2 Å². The van der Waals surface area contributed by atoms with Gasteiger partial charge >= 0.3 is 5.97 Å². The molecule has 0 aromatic carbocycles. The summed E-state index contributed by atoms with van der Waals surface area (Å²) in [5.74, 6) is 0.622. The van der Waals surface area contributed by atoms with Crippen LogP contribution < -0.4 is 0 Å². The van der Waals surface area contributed by atoms with Crippen molar-refractivity contribution in [1.29, 1.82) is 0 Å². The number of hydrogen-bond acceptors (Lipinski definition) is 3. The predicted molar refractivity (Wildman–Crippen MR) is 100 cm³/mol. The van der Waals surface area contributed by atoms with Gasteiger partial charge in [-0.3, -0.25) is 0 Å². The Bertz CT molecular complexity index is 415. The van der Waals surface area contributed by atoms with Gasteiger partial charge in [-0.15, -0.1) is 23.2 Å². The number of alkyl halides is 2. The van der Waals surface area contributed by atoms with Crippen LogP contribution in [-0.4, -0.2) is 41.8 Å². The first-order valence-electron chi connectivity index (χ1n) is 7.66. The van der Waals surface area contributed by atoms with Gasteiger partial charge in [0.05, 0.1) is 0 Å². The van der Waals surface area contributed by atoms with Crippen molar-refractivity contribution in [2.45, 2.75) is 31.8 Å². The molecule has 0 radical (unpaired) electrons. The molecule has 0 aromatic rings. The molecule has 0 saturated carbocycles. The molecular weight excluding hydrogens is 333 g/mol. The fourth-order valence-corrected chi connectivity index (χ4v) is 2.45. The van der Waals surface area contributed by atoms with Crippen LogP contribution in [0.1, 0.15) is 25.7 Å². The Hall–Kier alpha value is -1.19. The second-order valence-corrected chi connectivity index (χ2v) is 5.89. The van der Waals surface area contributed by atoms with E-state index < -0.39 is 5.97 Å². The molecule has 0 aliphatic rings. The van der Waals surface area contributed by atoms with Crippen LogP contribution >= 0.6 is 23.2 Å². The van der Waals surface area contributed by atoms with Gasteiger partial charge in [0.1, 0.15) is 6.10 Å². The van der Waals surface area contributed by atoms with Gasteiger partial charge in [-0.1, -0.05) is 38.0 Å². The van der Waals surface area contributed by atoms with E-state index in [1.807, 2.05) is 0 Å². The number of carbonyl (C=O) groups excluding carboxylic acids is 1. The number of esters is 1. The van der Waals surface area contributed by atoms with E-state index in [-0.39, 0.29) is 6.10 Å². The summed E-state index contributed by atoms with van der Waals surface area (Å²) in [5, 5.41) is 0. The van der Waals surface area contributed by atoms with Crippen LogP contribution in [0, 0.1) is 0 Å². The maximum atomic E-state index is 11.5. The first-order valence-corrected chi connectivity index (χ1v) is 8.73. The Morgan fingerprint density at radius 1 is 1.04 bits per heavy atom. The standard InChI is InChI=1S/C18H27Cl2NO2/c1-5-15(3)7-9-17(23-18(22)6-2)10-8-16(4)21(13-11-19)14-12-20/h5-6,17H,1-4,7-14H2. The Labute approximate surface area is 150 Å². The summed E-state index contributed by atoms with van der Waals surface area (Å²) in [6.07, 6.45) is 5.52. The van der Waals surface area contributed by atoms with Crippen LogP contribution in [0.5, 0.6) is 0 Å². The molecule has 0 spiro atoms. The lowest BCUT2D eigenvalue weighted by Gasteiger charge is -2.26. The van der Waals surface area contributed by atoms with Gasteiger partial charge in [0.25, 0.3) is 0 Å². The molecule has 23 heavy (non-hydrogen) atoms. The maximum Gasteiger partial charge on any atom is 0.330 e. The number of rotatable bonds is 14. The van der Waals surface area contributed by atoms with Crippen molar-refractivity contribution in [3.63, 3.8) is 0 Å². The molecule has 130 valence electrons. The number of allylic oxidation sites excluding steroid dienone is 3. The third-order valence-corrected chi connectivity index (χ3v) is 3.77. The molecule has 0 fully saturated rings. The minimum atomic E-state index is -0.414. The summed E-state index contributed by atoms with van der Waals surface area (Å²) in [6, 6.07) is 0. The highest BCUT2D eigenvalue weighted by Gasteiger charge is 2.15. The quantitative estimate of drug-likeness (QED) is 0.195. The lowest BCUT2D eigenvalue weighted by atomic mass is 10.0. The molecule has 0 bridgehead atoms. The van der Waals surface area contributed by atoms with Crippen molar-refractivity contribution < 1.29 is 9.53 Å². The number of ether oxygens (including phenoxy) is 1. The summed E-state index contributed by atoms with van der Waals surface area (Å²) in [7, 11) is 0. The second kappa shape index (κ2) is 13.3. The fourth-order valence-electron chi connectivity index (χ4n) is 2.04. The Morgan fingerprint density at radius 3 is 2.09 bits per heavy atom. The zero-order valence-corrected chi connectivity index (χ0v) is 15.2. The molecule has 0 aromatic heterocycles. The van der Waals surface area contributed by atoms with E-state index in [0.717, 1.165) is 17.7 Å². The summed E-state index contributed by atoms with van der Waals surface area (Å²) < 4.78 is 5.40. The smallest absolute Gasteiger partial charge is 0.330 e. The molecule has 1 atom stereocenters. The first-order chi connectivity index (χ1) is 11.0. The number of carbonyl (C=O) groups is 1. The summed E-state index contributed by atoms with van der Waals surface area (Å²) in [6.45, 7) is 16.5. The molecule has 0 rings (SSSR count). The van der Waals surface area contributed by atoms with Crippen molar-refractivity contribution in [1.82, 2.24) is 4.90 Å². The van der Waals surface area contributed by atoms with Crippen molar-refractivity contribution in [3.05, 3.63) is 49.7 Å². The number of nitrogens with zero attached hydrogens (tertiary/aromatic N) is 1. The summed E-state index contributed by atoms with van der Waals surface area (Å²) >= 11 is 11.6. The third kappa shape index (κ3) is 10.2. The highest BCUT2D eigenvalue weighted by molar-refractivity contribution is 6.18. The molecule has 1 unspecified atom stereocenters. The monoisotopic (exact) mass is 359 g/mol. The van der Waals surface area contributed by atoms with E-state index in [1.165, 1.54) is 6.08 Å². The van der Waals surface area contributed by atoms with E-state index in [4.69, 9.17) is 27.9 Å². The topological polar surface area (TPSA) is 29.5 Å². The highest BCUT2D eigenvalue weighted by atomic mass is 35.5. The minimum Gasteiger partial charge on any atom is -0.459 e. The van der Waals surface area contributed by atoms with Crippen LogP contribution in [0.15, 0.2) is 49.7 Å². The fraction of sp³-hybridized carbons (Fsp3) is 0.500. The van der Waals surface area contributed by atoms with Gasteiger partial charge in [0.2, 0.25) is 0 Å². The first kappa shape index (κ1) is 21.8. The molecule has 0 amide bonds. The van der Waals surface area contributed by atoms with Crippen LogP contribution in [0.4, 0.5) is 0 Å². The number of halogens is 2. The van der Waals surface area contributed by atoms with Gasteiger partial charge in [-0.25, -0.2) is 4.79 Å². The summed E-state index contributed by atoms with van der Waals surface area (Å²) in [5.41, 5.74) is 1.88. The lowest BCUT2D eigenvalue weighted by molar-refractivity contribution is -0.143. The van der Waals surface area contributed by atoms with Gasteiger partial charge < -0.3 is 9.64 Å². The van der Waals surface area contributed by atoms with Gasteiger partial charge in [0.15, 0.2) is 0 Å². The third-order valence-electron chi connectivity index (χ3n) is 3.44. The van der Waals surface area contributed by atoms with Crippen LogP contribution in [-0.2, 0) is 9.53 Å². The Kier molecular flexibility index (Phi) is 12.6. The molecule has 3 nitrogen and oxygen atoms in total. The lowest BCUT2D eigenvalue weighted by Crippen LogP contribution is -2.28. The minimum absolute atomic E-state index is 0.206. The van der Waals surface area contributed by atoms with E-state index >= 15 is 0 Å². The van der Waals surface area contributed by atoms with E-state index in [2.05, 4.69) is 31.2 Å². The summed E-state index contributed by atoms with van der Waals surface area (Å²) in [4.78, 5) is 13.5. The van der Waals surface area contributed by atoms with Crippen molar-refractivity contribution in [3.8, 4) is 0 Å². The van der Waals surface area contributed by atoms with Crippen LogP contribution in [0.25, 0.3) is 0 Å². The predicted octanol–water partition coefficient (Wildman–Crippen LogP) is 4.68. The molecule has 0 aliphatic heterocycles. The highest BCUT2D eigenvalue weighted by Crippen LogP contribution is 2.18. The Balaban J connectivity index is 4.57. The Morgan fingerprint density at radius 2 is 1.61 bits per heavy atom. The van der Waals surface area contributed by atoms with Gasteiger partial charge in [0, 0.05) is 36.6 Å². The molecule has 0 heterocycles. The molecule has 0 saturated heterocycles. The van der Waals surface area contributed by atoms with Gasteiger partial charge in [-0.2, -0.15) is 0 Å². The molecule has 5 heteroatoms. The van der Waals surface area contributed by atoms with E-state index in [9.17, 15) is 4.79 Å². The normalized spacial score (nSPS) is 11.4. The van der Waals surface area contributed by atoms with Crippen LogP contribution in [0.2, 0.25) is 0 Å². The SMILES string of the molecule is C=CC(=C)CCC(CCC(=C)N(CCCl)CCCl)OC(=O)C=C. The van der Waals surface area contributed by atoms with Crippen LogP contribution in [0.3, 0.4) is 0 Å². The second-order valence-electron chi connectivity index (χ2n) is 5.13. The average molecular weight is 360 g/mol. The molecule has 0 N–H and O–H groups in total. The average Bonchev–Trinajstić information content (AvgIpc) is 2.56.